The highest BCUT2D eigenvalue weighted by Gasteiger charge is 2.50. The molecule has 1 saturated carbocycles. The molecule has 2 N–H and O–H groups in total. The number of anilines is 4. The van der Waals surface area contributed by atoms with Gasteiger partial charge in [0.1, 0.15) is 17.7 Å². The first-order chi connectivity index (χ1) is 17.4. The van der Waals surface area contributed by atoms with Crippen LogP contribution in [0.5, 0.6) is 0 Å². The average Bonchev–Trinajstić information content (AvgIpc) is 3.35. The number of hydrogen-bond acceptors (Lipinski definition) is 8. The van der Waals surface area contributed by atoms with Gasteiger partial charge in [0.15, 0.2) is 0 Å². The molecule has 3 fully saturated rings. The van der Waals surface area contributed by atoms with Crippen LogP contribution in [0.1, 0.15) is 52.0 Å². The van der Waals surface area contributed by atoms with Gasteiger partial charge in [0, 0.05) is 50.0 Å². The monoisotopic (exact) mass is 488 g/mol. The Morgan fingerprint density at radius 3 is 2.69 bits per heavy atom. The van der Waals surface area contributed by atoms with Crippen LogP contribution in [0.3, 0.4) is 0 Å². The van der Waals surface area contributed by atoms with E-state index in [-0.39, 0.29) is 17.5 Å². The lowest BCUT2D eigenvalue weighted by atomic mass is 9.87. The molecule has 4 aliphatic rings. The Bertz CT molecular complexity index is 1160. The van der Waals surface area contributed by atoms with Crippen molar-refractivity contribution in [3.8, 4) is 0 Å². The second-order valence-corrected chi connectivity index (χ2v) is 10.9. The molecule has 36 heavy (non-hydrogen) atoms. The number of aromatic nitrogens is 3. The smallest absolute Gasteiger partial charge is 0.246 e. The number of hydrogen-bond donors (Lipinski definition) is 2. The lowest BCUT2D eigenvalue weighted by Crippen LogP contribution is -2.67. The van der Waals surface area contributed by atoms with Crippen molar-refractivity contribution in [2.45, 2.75) is 70.1 Å². The van der Waals surface area contributed by atoms with Gasteiger partial charge in [-0.05, 0) is 45.7 Å². The van der Waals surface area contributed by atoms with Gasteiger partial charge < -0.3 is 20.4 Å². The molecule has 1 amide bonds. The number of nitrogens with zero attached hydrogens (tertiary/aromatic N) is 6. The molecule has 1 spiro atoms. The average molecular weight is 489 g/mol. The maximum Gasteiger partial charge on any atom is 0.246 e. The van der Waals surface area contributed by atoms with Gasteiger partial charge in [-0.25, -0.2) is 9.97 Å². The minimum atomic E-state index is -0.317. The number of pyridine rings is 1. The molecular formula is C27H36N8O. The SMILES string of the molecule is CC(C)N1CCN(c2ccc(Nc3ncc4c(n3)N3C(C=C4)C(=O)NCC34CCCC4)nc2)CC1C. The van der Waals surface area contributed by atoms with Crippen LogP contribution < -0.4 is 20.4 Å². The van der Waals surface area contributed by atoms with Gasteiger partial charge in [0.25, 0.3) is 0 Å². The molecule has 0 aromatic carbocycles. The van der Waals surface area contributed by atoms with Gasteiger partial charge in [-0.3, -0.25) is 9.69 Å². The molecule has 0 radical (unpaired) electrons. The van der Waals surface area contributed by atoms with Crippen LogP contribution in [-0.4, -0.2) is 75.6 Å². The highest BCUT2D eigenvalue weighted by atomic mass is 16.2. The van der Waals surface area contributed by atoms with E-state index in [0.29, 0.717) is 30.4 Å². The second-order valence-electron chi connectivity index (χ2n) is 10.9. The Kier molecular flexibility index (Phi) is 5.82. The number of amides is 1. The molecule has 2 aromatic heterocycles. The number of rotatable bonds is 4. The van der Waals surface area contributed by atoms with Crippen LogP contribution in [0.25, 0.3) is 6.08 Å². The van der Waals surface area contributed by atoms with Crippen molar-refractivity contribution in [1.82, 2.24) is 25.2 Å². The minimum Gasteiger partial charge on any atom is -0.367 e. The molecule has 1 aliphatic carbocycles. The highest BCUT2D eigenvalue weighted by Crippen LogP contribution is 2.43. The fourth-order valence-corrected chi connectivity index (χ4v) is 6.52. The van der Waals surface area contributed by atoms with Gasteiger partial charge >= 0.3 is 0 Å². The Balaban J connectivity index is 1.21. The summed E-state index contributed by atoms with van der Waals surface area (Å²) in [5.41, 5.74) is 2.02. The zero-order valence-corrected chi connectivity index (χ0v) is 21.4. The summed E-state index contributed by atoms with van der Waals surface area (Å²) in [5, 5.41) is 6.42. The van der Waals surface area contributed by atoms with Gasteiger partial charge in [-0.1, -0.05) is 25.0 Å². The maximum atomic E-state index is 12.7. The summed E-state index contributed by atoms with van der Waals surface area (Å²) in [6, 6.07) is 4.87. The Morgan fingerprint density at radius 2 is 1.97 bits per heavy atom. The molecule has 2 atom stereocenters. The molecule has 2 saturated heterocycles. The lowest BCUT2D eigenvalue weighted by molar-refractivity contribution is -0.123. The van der Waals surface area contributed by atoms with E-state index in [1.807, 2.05) is 30.6 Å². The highest BCUT2D eigenvalue weighted by molar-refractivity contribution is 5.93. The van der Waals surface area contributed by atoms with Crippen LogP contribution >= 0.6 is 0 Å². The first kappa shape index (κ1) is 23.2. The summed E-state index contributed by atoms with van der Waals surface area (Å²) in [4.78, 5) is 34.1. The molecule has 9 heteroatoms. The fraction of sp³-hybridized carbons (Fsp3) is 0.556. The number of carbonyl (C=O) groups excluding carboxylic acids is 1. The van der Waals surface area contributed by atoms with E-state index >= 15 is 0 Å². The first-order valence-electron chi connectivity index (χ1n) is 13.3. The summed E-state index contributed by atoms with van der Waals surface area (Å²) in [6.07, 6.45) is 12.2. The standard InChI is InChI=1S/C27H36N8O/c1-18(2)34-13-12-33(16-19(34)3)21-7-9-23(28-15-21)31-26-29-14-20-6-8-22-25(36)30-17-27(10-4-5-11-27)35(22)24(20)32-26/h6-9,14-15,18-19,22H,4-5,10-13,16-17H2,1-3H3,(H,30,36)(H,28,29,31,32). The topological polar surface area (TPSA) is 89.5 Å². The summed E-state index contributed by atoms with van der Waals surface area (Å²) < 4.78 is 0. The molecule has 190 valence electrons. The van der Waals surface area contributed by atoms with Crippen molar-refractivity contribution in [3.63, 3.8) is 0 Å². The third kappa shape index (κ3) is 3.99. The lowest BCUT2D eigenvalue weighted by Gasteiger charge is -2.50. The van der Waals surface area contributed by atoms with E-state index in [1.54, 1.807) is 0 Å². The molecule has 2 unspecified atom stereocenters. The predicted octanol–water partition coefficient (Wildman–Crippen LogP) is 3.18. The van der Waals surface area contributed by atoms with E-state index < -0.39 is 0 Å². The summed E-state index contributed by atoms with van der Waals surface area (Å²) in [7, 11) is 0. The van der Waals surface area contributed by atoms with Gasteiger partial charge in [-0.2, -0.15) is 4.98 Å². The van der Waals surface area contributed by atoms with Crippen LogP contribution in [0.4, 0.5) is 23.3 Å². The van der Waals surface area contributed by atoms with Gasteiger partial charge in [0.2, 0.25) is 11.9 Å². The zero-order chi connectivity index (χ0) is 24.9. The molecule has 6 rings (SSSR count). The Morgan fingerprint density at radius 1 is 1.14 bits per heavy atom. The van der Waals surface area contributed by atoms with Crippen LogP contribution in [0, 0.1) is 0 Å². The number of carbonyl (C=O) groups is 1. The fourth-order valence-electron chi connectivity index (χ4n) is 6.52. The van der Waals surface area contributed by atoms with E-state index in [2.05, 4.69) is 62.1 Å². The van der Waals surface area contributed by atoms with Crippen LogP contribution in [0.2, 0.25) is 0 Å². The van der Waals surface area contributed by atoms with Crippen molar-refractivity contribution in [2.24, 2.45) is 0 Å². The van der Waals surface area contributed by atoms with Crippen molar-refractivity contribution < 1.29 is 4.79 Å². The summed E-state index contributed by atoms with van der Waals surface area (Å²) in [5.74, 6) is 2.09. The van der Waals surface area contributed by atoms with E-state index in [1.165, 1.54) is 12.8 Å². The predicted molar refractivity (Wildman–Crippen MR) is 143 cm³/mol. The van der Waals surface area contributed by atoms with Crippen molar-refractivity contribution >= 4 is 35.3 Å². The third-order valence-electron chi connectivity index (χ3n) is 8.36. The summed E-state index contributed by atoms with van der Waals surface area (Å²) in [6.45, 7) is 10.6. The maximum absolute atomic E-state index is 12.7. The molecule has 3 aliphatic heterocycles. The van der Waals surface area contributed by atoms with Crippen molar-refractivity contribution in [2.75, 3.05) is 41.3 Å². The third-order valence-corrected chi connectivity index (χ3v) is 8.36. The molecule has 2 aromatic rings. The zero-order valence-electron chi connectivity index (χ0n) is 21.4. The summed E-state index contributed by atoms with van der Waals surface area (Å²) >= 11 is 0. The van der Waals surface area contributed by atoms with E-state index in [4.69, 9.17) is 4.98 Å². The van der Waals surface area contributed by atoms with Crippen molar-refractivity contribution in [3.05, 3.63) is 36.2 Å². The normalized spacial score (nSPS) is 25.2. The Hall–Kier alpha value is -3.20. The first-order valence-corrected chi connectivity index (χ1v) is 13.3. The van der Waals surface area contributed by atoms with Gasteiger partial charge in [0.05, 0.1) is 17.4 Å². The minimum absolute atomic E-state index is 0.0448. The number of piperazine rings is 2. The largest absolute Gasteiger partial charge is 0.367 e. The molecular weight excluding hydrogens is 452 g/mol. The van der Waals surface area contributed by atoms with Crippen molar-refractivity contribution in [1.29, 1.82) is 0 Å². The van der Waals surface area contributed by atoms with Gasteiger partial charge in [-0.15, -0.1) is 0 Å². The Labute approximate surface area is 213 Å². The van der Waals surface area contributed by atoms with Crippen LogP contribution in [-0.2, 0) is 4.79 Å². The van der Waals surface area contributed by atoms with E-state index in [9.17, 15) is 4.79 Å². The number of fused-ring (bicyclic) bond motifs is 4. The molecule has 0 bridgehead atoms. The van der Waals surface area contributed by atoms with E-state index in [0.717, 1.165) is 49.5 Å². The molecule has 9 nitrogen and oxygen atoms in total. The van der Waals surface area contributed by atoms with Crippen LogP contribution in [0.15, 0.2) is 30.6 Å². The molecule has 5 heterocycles. The number of nitrogens with one attached hydrogen (secondary N) is 2. The second kappa shape index (κ2) is 9.03. The quantitative estimate of drug-likeness (QED) is 0.678.